The minimum absolute atomic E-state index is 0.154. The van der Waals surface area contributed by atoms with Crippen molar-refractivity contribution in [3.05, 3.63) is 28.8 Å². The molecule has 3 nitrogen and oxygen atoms in total. The van der Waals surface area contributed by atoms with Crippen molar-refractivity contribution in [1.29, 1.82) is 0 Å². The van der Waals surface area contributed by atoms with Gasteiger partial charge in [0.2, 0.25) is 0 Å². The summed E-state index contributed by atoms with van der Waals surface area (Å²) in [6.45, 7) is 3.23. The Labute approximate surface area is 113 Å². The van der Waals surface area contributed by atoms with E-state index in [1.807, 2.05) is 12.1 Å². The third-order valence-corrected chi connectivity index (χ3v) is 4.19. The van der Waals surface area contributed by atoms with Gasteiger partial charge in [0.05, 0.1) is 5.02 Å². The molecule has 18 heavy (non-hydrogen) atoms. The molecule has 0 spiro atoms. The molecule has 2 fully saturated rings. The van der Waals surface area contributed by atoms with Crippen molar-refractivity contribution in [2.45, 2.75) is 37.9 Å². The van der Waals surface area contributed by atoms with Gasteiger partial charge < -0.3 is 10.4 Å². The highest BCUT2D eigenvalue weighted by molar-refractivity contribution is 6.32. The minimum Gasteiger partial charge on any atom is -0.506 e. The van der Waals surface area contributed by atoms with Crippen LogP contribution in [0.15, 0.2) is 18.2 Å². The molecule has 2 N–H and O–H groups in total. The van der Waals surface area contributed by atoms with Gasteiger partial charge in [-0.15, -0.1) is 0 Å². The number of likely N-dealkylation sites (tertiary alicyclic amines) is 1. The largest absolute Gasteiger partial charge is 0.506 e. The summed E-state index contributed by atoms with van der Waals surface area (Å²) in [5, 5.41) is 13.4. The average Bonchev–Trinajstić information content (AvgIpc) is 3.11. The lowest BCUT2D eigenvalue weighted by Crippen LogP contribution is -2.32. The van der Waals surface area contributed by atoms with Gasteiger partial charge in [-0.05, 0) is 37.0 Å². The fraction of sp³-hybridized carbons (Fsp3) is 0.571. The molecule has 0 bridgehead atoms. The van der Waals surface area contributed by atoms with E-state index in [0.29, 0.717) is 11.1 Å². The number of nitrogens with one attached hydrogen (secondary N) is 1. The topological polar surface area (TPSA) is 35.5 Å². The van der Waals surface area contributed by atoms with Gasteiger partial charge in [0.1, 0.15) is 5.75 Å². The first-order valence-electron chi connectivity index (χ1n) is 6.67. The molecule has 1 heterocycles. The molecule has 1 atom stereocenters. The Bertz CT molecular complexity index is 434. The van der Waals surface area contributed by atoms with Crippen molar-refractivity contribution < 1.29 is 5.11 Å². The Hall–Kier alpha value is -0.770. The van der Waals surface area contributed by atoms with E-state index >= 15 is 0 Å². The van der Waals surface area contributed by atoms with Crippen molar-refractivity contribution in [3.8, 4) is 5.75 Å². The monoisotopic (exact) mass is 266 g/mol. The standard InChI is InChI=1S/C14H19ClN2O/c15-13-7-10(1-4-14(13)18)8-16-11-5-6-17(9-11)12-2-3-12/h1,4,7,11-12,16,18H,2-3,5-6,8-9H2. The Morgan fingerprint density at radius 2 is 2.17 bits per heavy atom. The molecule has 1 aliphatic heterocycles. The van der Waals surface area contributed by atoms with E-state index in [2.05, 4.69) is 10.2 Å². The highest BCUT2D eigenvalue weighted by Gasteiger charge is 2.33. The van der Waals surface area contributed by atoms with Gasteiger partial charge in [-0.25, -0.2) is 0 Å². The Morgan fingerprint density at radius 3 is 2.89 bits per heavy atom. The Morgan fingerprint density at radius 1 is 1.33 bits per heavy atom. The van der Waals surface area contributed by atoms with Crippen LogP contribution in [-0.4, -0.2) is 35.2 Å². The number of hydrogen-bond donors (Lipinski definition) is 2. The molecule has 1 aromatic carbocycles. The first-order valence-corrected chi connectivity index (χ1v) is 7.05. The number of rotatable bonds is 4. The number of hydrogen-bond acceptors (Lipinski definition) is 3. The second-order valence-electron chi connectivity index (χ2n) is 5.38. The Kier molecular flexibility index (Phi) is 3.46. The summed E-state index contributed by atoms with van der Waals surface area (Å²) < 4.78 is 0. The van der Waals surface area contributed by atoms with E-state index in [4.69, 9.17) is 11.6 Å². The van der Waals surface area contributed by atoms with Crippen LogP contribution in [0, 0.1) is 0 Å². The predicted molar refractivity (Wildman–Crippen MR) is 73.0 cm³/mol. The Balaban J connectivity index is 1.50. The van der Waals surface area contributed by atoms with Crippen LogP contribution >= 0.6 is 11.6 Å². The zero-order valence-corrected chi connectivity index (χ0v) is 11.2. The minimum atomic E-state index is 0.154. The predicted octanol–water partition coefficient (Wildman–Crippen LogP) is 2.37. The quantitative estimate of drug-likeness (QED) is 0.878. The van der Waals surface area contributed by atoms with Crippen LogP contribution in [0.3, 0.4) is 0 Å². The molecule has 98 valence electrons. The zero-order chi connectivity index (χ0) is 12.5. The number of phenols is 1. The van der Waals surface area contributed by atoms with Crippen LogP contribution in [0.1, 0.15) is 24.8 Å². The van der Waals surface area contributed by atoms with Gasteiger partial charge >= 0.3 is 0 Å². The first-order chi connectivity index (χ1) is 8.72. The van der Waals surface area contributed by atoms with Crippen LogP contribution in [0.4, 0.5) is 0 Å². The number of phenolic OH excluding ortho intramolecular Hbond substituents is 1. The molecular formula is C14H19ClN2O. The van der Waals surface area contributed by atoms with Crippen molar-refractivity contribution in [1.82, 2.24) is 10.2 Å². The summed E-state index contributed by atoms with van der Waals surface area (Å²) in [6, 6.07) is 6.88. The molecule has 1 saturated heterocycles. The van der Waals surface area contributed by atoms with Gasteiger partial charge in [0.15, 0.2) is 0 Å². The SMILES string of the molecule is Oc1ccc(CNC2CCN(C3CC3)C2)cc1Cl. The summed E-state index contributed by atoms with van der Waals surface area (Å²) in [5.41, 5.74) is 1.13. The number of benzene rings is 1. The maximum atomic E-state index is 9.37. The molecule has 3 rings (SSSR count). The zero-order valence-electron chi connectivity index (χ0n) is 10.4. The lowest BCUT2D eigenvalue weighted by molar-refractivity contribution is 0.317. The molecule has 0 amide bonds. The van der Waals surface area contributed by atoms with Crippen LogP contribution < -0.4 is 5.32 Å². The highest BCUT2D eigenvalue weighted by atomic mass is 35.5. The highest BCUT2D eigenvalue weighted by Crippen LogP contribution is 2.30. The van der Waals surface area contributed by atoms with Crippen molar-refractivity contribution in [2.24, 2.45) is 0 Å². The van der Waals surface area contributed by atoms with Gasteiger partial charge in [-0.1, -0.05) is 17.7 Å². The average molecular weight is 267 g/mol. The number of aromatic hydroxyl groups is 1. The molecule has 1 aromatic rings. The molecule has 4 heteroatoms. The van der Waals surface area contributed by atoms with Crippen LogP contribution in [0.5, 0.6) is 5.75 Å². The molecular weight excluding hydrogens is 248 g/mol. The molecule has 1 aliphatic carbocycles. The molecule has 0 radical (unpaired) electrons. The van der Waals surface area contributed by atoms with E-state index in [0.717, 1.165) is 18.2 Å². The second-order valence-corrected chi connectivity index (χ2v) is 5.79. The number of nitrogens with zero attached hydrogens (tertiary/aromatic N) is 1. The number of halogens is 1. The van der Waals surface area contributed by atoms with Crippen molar-refractivity contribution in [3.63, 3.8) is 0 Å². The smallest absolute Gasteiger partial charge is 0.134 e. The van der Waals surface area contributed by atoms with Gasteiger partial charge in [-0.3, -0.25) is 4.90 Å². The molecule has 0 aromatic heterocycles. The lowest BCUT2D eigenvalue weighted by Gasteiger charge is -2.16. The third kappa shape index (κ3) is 2.79. The summed E-state index contributed by atoms with van der Waals surface area (Å²) in [6.07, 6.45) is 4.02. The second kappa shape index (κ2) is 5.08. The van der Waals surface area contributed by atoms with Gasteiger partial charge in [0.25, 0.3) is 0 Å². The van der Waals surface area contributed by atoms with E-state index in [1.54, 1.807) is 6.07 Å². The normalized spacial score (nSPS) is 24.6. The molecule has 2 aliphatic rings. The fourth-order valence-corrected chi connectivity index (χ4v) is 2.85. The summed E-state index contributed by atoms with van der Waals surface area (Å²) in [7, 11) is 0. The summed E-state index contributed by atoms with van der Waals surface area (Å²) >= 11 is 5.90. The first kappa shape index (κ1) is 12.3. The summed E-state index contributed by atoms with van der Waals surface area (Å²) in [5.74, 6) is 0.154. The third-order valence-electron chi connectivity index (χ3n) is 3.89. The van der Waals surface area contributed by atoms with Gasteiger partial charge in [-0.2, -0.15) is 0 Å². The van der Waals surface area contributed by atoms with Crippen molar-refractivity contribution in [2.75, 3.05) is 13.1 Å². The van der Waals surface area contributed by atoms with E-state index in [1.165, 1.54) is 32.4 Å². The molecule has 1 unspecified atom stereocenters. The van der Waals surface area contributed by atoms with E-state index in [9.17, 15) is 5.11 Å². The lowest BCUT2D eigenvalue weighted by atomic mass is 10.2. The van der Waals surface area contributed by atoms with Crippen molar-refractivity contribution >= 4 is 11.6 Å². The van der Waals surface area contributed by atoms with Gasteiger partial charge in [0, 0.05) is 31.7 Å². The van der Waals surface area contributed by atoms with E-state index < -0.39 is 0 Å². The molecule has 1 saturated carbocycles. The maximum absolute atomic E-state index is 9.37. The van der Waals surface area contributed by atoms with Crippen LogP contribution in [0.25, 0.3) is 0 Å². The van der Waals surface area contributed by atoms with Crippen LogP contribution in [0.2, 0.25) is 5.02 Å². The van der Waals surface area contributed by atoms with E-state index in [-0.39, 0.29) is 5.75 Å². The summed E-state index contributed by atoms with van der Waals surface area (Å²) in [4.78, 5) is 2.60. The van der Waals surface area contributed by atoms with Crippen LogP contribution in [-0.2, 0) is 6.54 Å². The maximum Gasteiger partial charge on any atom is 0.134 e. The fourth-order valence-electron chi connectivity index (χ4n) is 2.65.